The average molecular weight is 217 g/mol. The quantitative estimate of drug-likeness (QED) is 0.360. The number of carbonyl (C=O) groups is 1. The van der Waals surface area contributed by atoms with Crippen molar-refractivity contribution in [1.29, 1.82) is 0 Å². The van der Waals surface area contributed by atoms with Crippen LogP contribution in [-0.4, -0.2) is 53.7 Å². The molecule has 7 heteroatoms. The van der Waals surface area contributed by atoms with Crippen LogP contribution in [-0.2, 0) is 14.9 Å². The van der Waals surface area contributed by atoms with Crippen molar-refractivity contribution < 1.29 is 17.8 Å². The van der Waals surface area contributed by atoms with Crippen LogP contribution in [0.25, 0.3) is 0 Å². The van der Waals surface area contributed by atoms with Crippen LogP contribution in [0.2, 0.25) is 0 Å². The van der Waals surface area contributed by atoms with E-state index in [4.69, 9.17) is 10.3 Å². The third-order valence-corrected chi connectivity index (χ3v) is 2.77. The Labute approximate surface area is 99.4 Å². The molecule has 0 aromatic rings. The maximum absolute atomic E-state index is 10.6. The van der Waals surface area contributed by atoms with E-state index in [-0.39, 0.29) is 41.6 Å². The number of hydrogen-bond donors (Lipinski definition) is 2. The van der Waals surface area contributed by atoms with Crippen LogP contribution in [0.3, 0.4) is 0 Å². The van der Waals surface area contributed by atoms with Crippen molar-refractivity contribution in [2.75, 3.05) is 0 Å². The van der Waals surface area contributed by atoms with Crippen molar-refractivity contribution in [3.63, 3.8) is 0 Å². The van der Waals surface area contributed by atoms with Crippen LogP contribution < -0.4 is 5.73 Å². The Kier molecular flexibility index (Phi) is 6.91. The predicted octanol–water partition coefficient (Wildman–Crippen LogP) is -0.954. The molecule has 5 nitrogen and oxygen atoms in total. The van der Waals surface area contributed by atoms with Gasteiger partial charge >= 0.3 is 29.6 Å². The van der Waals surface area contributed by atoms with E-state index >= 15 is 0 Å². The first kappa shape index (κ1) is 15.6. The van der Waals surface area contributed by atoms with Gasteiger partial charge in [0.15, 0.2) is 0 Å². The minimum absolute atomic E-state index is 0. The van der Waals surface area contributed by atoms with Crippen LogP contribution in [0.4, 0.5) is 0 Å². The number of primary amides is 1. The number of carbonyl (C=O) groups excluding carboxylic acids is 1. The average Bonchev–Trinajstić information content (AvgIpc) is 1.85. The summed E-state index contributed by atoms with van der Waals surface area (Å²) in [5.41, 5.74) is 4.50. The molecule has 0 saturated carbocycles. The monoisotopic (exact) mass is 217 g/mol. The summed E-state index contributed by atoms with van der Waals surface area (Å²) in [4.78, 5) is 10.5. The maximum atomic E-state index is 10.6. The summed E-state index contributed by atoms with van der Waals surface area (Å²) in [7, 11) is -4.26. The summed E-state index contributed by atoms with van der Waals surface area (Å²) in [6.07, 6.45) is 0.0700. The van der Waals surface area contributed by atoms with E-state index in [2.05, 4.69) is 6.58 Å². The first-order valence-electron chi connectivity index (χ1n) is 3.25. The first-order valence-corrected chi connectivity index (χ1v) is 4.76. The standard InChI is InChI=1S/C6H11NO4S.Na.H/c1-3-5(12(9,10)11)4(2)6(7)8;;/h5H,2-3H2,1H3,(H2,7,8)(H,9,10,11);;. The van der Waals surface area contributed by atoms with Gasteiger partial charge < -0.3 is 5.73 Å². The molecule has 0 saturated heterocycles. The van der Waals surface area contributed by atoms with Gasteiger partial charge in [0.25, 0.3) is 10.1 Å². The van der Waals surface area contributed by atoms with Crippen molar-refractivity contribution in [2.24, 2.45) is 5.73 Å². The molecule has 0 rings (SSSR count). The van der Waals surface area contributed by atoms with Crippen molar-refractivity contribution >= 4 is 45.6 Å². The molecule has 0 aromatic heterocycles. The van der Waals surface area contributed by atoms with Gasteiger partial charge in [-0.2, -0.15) is 8.42 Å². The normalized spacial score (nSPS) is 12.8. The Balaban J connectivity index is 0. The third-order valence-electron chi connectivity index (χ3n) is 1.44. The topological polar surface area (TPSA) is 97.5 Å². The first-order chi connectivity index (χ1) is 5.30. The van der Waals surface area contributed by atoms with E-state index in [9.17, 15) is 13.2 Å². The SMILES string of the molecule is C=C(C(N)=O)C(CC)S(=O)(=O)O.[NaH]. The molecule has 1 amide bonds. The molecule has 0 spiro atoms. The van der Waals surface area contributed by atoms with Crippen molar-refractivity contribution in [2.45, 2.75) is 18.6 Å². The zero-order valence-corrected chi connectivity index (χ0v) is 7.47. The molecule has 0 bridgehead atoms. The van der Waals surface area contributed by atoms with Crippen LogP contribution in [0, 0.1) is 0 Å². The molecule has 1 unspecified atom stereocenters. The molecule has 0 aromatic carbocycles. The van der Waals surface area contributed by atoms with Crippen LogP contribution in [0.15, 0.2) is 12.2 Å². The van der Waals surface area contributed by atoms with Gasteiger partial charge in [-0.3, -0.25) is 9.35 Å². The van der Waals surface area contributed by atoms with E-state index < -0.39 is 21.3 Å². The summed E-state index contributed by atoms with van der Waals surface area (Å²) in [5, 5.41) is -1.28. The Hall–Kier alpha value is 0.120. The zero-order chi connectivity index (χ0) is 9.94. The van der Waals surface area contributed by atoms with Gasteiger partial charge in [0.05, 0.1) is 0 Å². The number of rotatable bonds is 4. The third kappa shape index (κ3) is 4.78. The summed E-state index contributed by atoms with van der Waals surface area (Å²) < 4.78 is 29.8. The van der Waals surface area contributed by atoms with Gasteiger partial charge in [0.1, 0.15) is 5.25 Å². The molecule has 0 heterocycles. The minimum atomic E-state index is -4.26. The van der Waals surface area contributed by atoms with Gasteiger partial charge in [-0.15, -0.1) is 0 Å². The van der Waals surface area contributed by atoms with E-state index in [0.29, 0.717) is 0 Å². The predicted molar refractivity (Wildman–Crippen MR) is 51.1 cm³/mol. The summed E-state index contributed by atoms with van der Waals surface area (Å²) in [6, 6.07) is 0. The Morgan fingerprint density at radius 2 is 2.00 bits per heavy atom. The fraction of sp³-hybridized carbons (Fsp3) is 0.500. The van der Waals surface area contributed by atoms with Crippen molar-refractivity contribution in [1.82, 2.24) is 0 Å². The van der Waals surface area contributed by atoms with Gasteiger partial charge in [-0.1, -0.05) is 13.5 Å². The molecule has 13 heavy (non-hydrogen) atoms. The Morgan fingerprint density at radius 3 is 2.08 bits per heavy atom. The van der Waals surface area contributed by atoms with Gasteiger partial charge in [-0.05, 0) is 6.42 Å². The van der Waals surface area contributed by atoms with Gasteiger partial charge in [-0.25, -0.2) is 0 Å². The van der Waals surface area contributed by atoms with Gasteiger partial charge in [0.2, 0.25) is 5.91 Å². The second kappa shape index (κ2) is 5.77. The fourth-order valence-corrected chi connectivity index (χ4v) is 1.69. The number of nitrogens with two attached hydrogens (primary N) is 1. The Morgan fingerprint density at radius 1 is 1.62 bits per heavy atom. The molecule has 0 aliphatic rings. The molecular formula is C6H12NNaO4S. The van der Waals surface area contributed by atoms with E-state index in [1.807, 2.05) is 0 Å². The molecule has 0 aliphatic heterocycles. The number of amides is 1. The van der Waals surface area contributed by atoms with Gasteiger partial charge in [0, 0.05) is 5.57 Å². The second-order valence-corrected chi connectivity index (χ2v) is 3.90. The van der Waals surface area contributed by atoms with E-state index in [0.717, 1.165) is 0 Å². The molecule has 72 valence electrons. The van der Waals surface area contributed by atoms with Crippen molar-refractivity contribution in [3.05, 3.63) is 12.2 Å². The van der Waals surface area contributed by atoms with E-state index in [1.165, 1.54) is 6.92 Å². The summed E-state index contributed by atoms with van der Waals surface area (Å²) in [6.45, 7) is 4.68. The molecule has 0 radical (unpaired) electrons. The molecular weight excluding hydrogens is 205 g/mol. The van der Waals surface area contributed by atoms with Crippen LogP contribution in [0.1, 0.15) is 13.3 Å². The zero-order valence-electron chi connectivity index (χ0n) is 6.65. The number of hydrogen-bond acceptors (Lipinski definition) is 3. The van der Waals surface area contributed by atoms with Crippen LogP contribution >= 0.6 is 0 Å². The summed E-state index contributed by atoms with van der Waals surface area (Å²) >= 11 is 0. The fourth-order valence-electron chi connectivity index (χ4n) is 0.795. The van der Waals surface area contributed by atoms with E-state index in [1.54, 1.807) is 0 Å². The molecule has 0 fully saturated rings. The molecule has 0 aliphatic carbocycles. The second-order valence-electron chi connectivity index (χ2n) is 2.30. The summed E-state index contributed by atoms with van der Waals surface area (Å²) in [5.74, 6) is -0.917. The van der Waals surface area contributed by atoms with Crippen molar-refractivity contribution in [3.8, 4) is 0 Å². The molecule has 1 atom stereocenters. The van der Waals surface area contributed by atoms with Crippen LogP contribution in [0.5, 0.6) is 0 Å². The Bertz CT molecular complexity index is 298. The molecule has 3 N–H and O–H groups in total.